The molecule has 1 N–H and O–H groups in total. The Morgan fingerprint density at radius 1 is 1.19 bits per heavy atom. The van der Waals surface area contributed by atoms with Gasteiger partial charge in [-0.25, -0.2) is 9.37 Å². The molecule has 0 fully saturated rings. The van der Waals surface area contributed by atoms with Gasteiger partial charge >= 0.3 is 0 Å². The third-order valence-electron chi connectivity index (χ3n) is 7.91. The van der Waals surface area contributed by atoms with Gasteiger partial charge in [-0.05, 0) is 55.0 Å². The monoisotopic (exact) mass is 600 g/mol. The summed E-state index contributed by atoms with van der Waals surface area (Å²) in [6.07, 6.45) is 5.11. The Morgan fingerprint density at radius 3 is 2.77 bits per heavy atom. The van der Waals surface area contributed by atoms with Gasteiger partial charge < -0.3 is 14.6 Å². The predicted molar refractivity (Wildman–Crippen MR) is 161 cm³/mol. The van der Waals surface area contributed by atoms with Crippen LogP contribution in [0.1, 0.15) is 48.3 Å². The Kier molecular flexibility index (Phi) is 7.40. The molecule has 0 bridgehead atoms. The first kappa shape index (κ1) is 28.8. The van der Waals surface area contributed by atoms with Crippen molar-refractivity contribution in [3.05, 3.63) is 101 Å². The van der Waals surface area contributed by atoms with E-state index < -0.39 is 11.4 Å². The number of aromatic nitrogens is 4. The summed E-state index contributed by atoms with van der Waals surface area (Å²) < 4.78 is 27.3. The van der Waals surface area contributed by atoms with Gasteiger partial charge in [0.1, 0.15) is 34.1 Å². The summed E-state index contributed by atoms with van der Waals surface area (Å²) in [6.45, 7) is 4.54. The molecule has 0 spiro atoms. The first-order valence-corrected chi connectivity index (χ1v) is 14.3. The van der Waals surface area contributed by atoms with Crippen molar-refractivity contribution in [2.45, 2.75) is 44.2 Å². The number of nitrogens with zero attached hydrogens (tertiary/aromatic N) is 4. The van der Waals surface area contributed by atoms with Crippen molar-refractivity contribution in [1.82, 2.24) is 19.7 Å². The fourth-order valence-electron chi connectivity index (χ4n) is 5.48. The topological polar surface area (TPSA) is 99.4 Å². The Balaban J connectivity index is 1.42. The Morgan fingerprint density at radius 2 is 2.02 bits per heavy atom. The van der Waals surface area contributed by atoms with Gasteiger partial charge in [0.15, 0.2) is 5.78 Å². The van der Waals surface area contributed by atoms with Crippen molar-refractivity contribution in [2.24, 2.45) is 0 Å². The molecule has 0 saturated carbocycles. The molecule has 43 heavy (non-hydrogen) atoms. The highest BCUT2D eigenvalue weighted by Gasteiger charge is 2.40. The zero-order valence-corrected chi connectivity index (χ0v) is 24.7. The first-order valence-electron chi connectivity index (χ1n) is 13.9. The van der Waals surface area contributed by atoms with E-state index >= 15 is 0 Å². The van der Waals surface area contributed by atoms with Crippen LogP contribution in [0.3, 0.4) is 0 Å². The van der Waals surface area contributed by atoms with Crippen LogP contribution in [0.5, 0.6) is 11.5 Å². The van der Waals surface area contributed by atoms with Crippen LogP contribution in [0.25, 0.3) is 22.2 Å². The van der Waals surface area contributed by atoms with Crippen LogP contribution in [0.2, 0.25) is 5.02 Å². The maximum Gasteiger partial charge on any atom is 0.163 e. The van der Waals surface area contributed by atoms with Crippen LogP contribution in [-0.4, -0.2) is 44.4 Å². The molecule has 1 atom stereocenters. The molecule has 5 aromatic rings. The van der Waals surface area contributed by atoms with Crippen molar-refractivity contribution < 1.29 is 23.8 Å². The van der Waals surface area contributed by atoms with E-state index in [2.05, 4.69) is 10.1 Å². The number of aliphatic hydroxyl groups is 1. The van der Waals surface area contributed by atoms with Crippen molar-refractivity contribution in [2.75, 3.05) is 13.7 Å². The number of pyridine rings is 2. The van der Waals surface area contributed by atoms with Crippen LogP contribution < -0.4 is 9.47 Å². The number of fused-ring (bicyclic) bond motifs is 2. The van der Waals surface area contributed by atoms with E-state index in [-0.39, 0.29) is 35.6 Å². The molecule has 0 radical (unpaired) electrons. The summed E-state index contributed by atoms with van der Waals surface area (Å²) >= 11 is 6.14. The molecule has 1 aliphatic rings. The summed E-state index contributed by atoms with van der Waals surface area (Å²) in [4.78, 5) is 22.8. The maximum atomic E-state index is 14.1. The molecular weight excluding hydrogens is 571 g/mol. The van der Waals surface area contributed by atoms with Crippen LogP contribution in [0, 0.1) is 5.82 Å². The van der Waals surface area contributed by atoms with Crippen LogP contribution in [0.4, 0.5) is 4.39 Å². The van der Waals surface area contributed by atoms with Gasteiger partial charge in [0.25, 0.3) is 0 Å². The second-order valence-corrected chi connectivity index (χ2v) is 11.9. The summed E-state index contributed by atoms with van der Waals surface area (Å²) in [6, 6.07) is 15.1. The molecule has 0 saturated heterocycles. The first-order chi connectivity index (χ1) is 20.6. The molecule has 2 aromatic carbocycles. The summed E-state index contributed by atoms with van der Waals surface area (Å²) in [5, 5.41) is 17.4. The number of carbonyl (C=O) groups excluding carboxylic acids is 1. The lowest BCUT2D eigenvalue weighted by Crippen LogP contribution is -2.34. The quantitative estimate of drug-likeness (QED) is 0.192. The average molecular weight is 601 g/mol. The normalized spacial score (nSPS) is 15.1. The van der Waals surface area contributed by atoms with Gasteiger partial charge in [-0.2, -0.15) is 5.10 Å². The summed E-state index contributed by atoms with van der Waals surface area (Å²) in [7, 11) is 1.54. The number of halogens is 2. The maximum absolute atomic E-state index is 14.1. The van der Waals surface area contributed by atoms with E-state index in [0.717, 1.165) is 10.9 Å². The zero-order chi connectivity index (χ0) is 30.4. The largest absolute Gasteiger partial charge is 0.494 e. The SMILES string of the molecule is COc1cc(C(=O)CCC(O)(Cn2cccn2)c2cc3c(c(-c4ccc(F)c(Cl)c4)n2)OCC3(C)C)cc2cccnc12. The molecular formula is C33H30ClFN4O4. The minimum absolute atomic E-state index is 0.0169. The second kappa shape index (κ2) is 11.1. The van der Waals surface area contributed by atoms with Crippen molar-refractivity contribution in [3.63, 3.8) is 0 Å². The smallest absolute Gasteiger partial charge is 0.163 e. The number of hydrogen-bond acceptors (Lipinski definition) is 7. The van der Waals surface area contributed by atoms with Crippen LogP contribution >= 0.6 is 11.6 Å². The third kappa shape index (κ3) is 5.46. The number of benzene rings is 2. The highest BCUT2D eigenvalue weighted by molar-refractivity contribution is 6.31. The fourth-order valence-corrected chi connectivity index (χ4v) is 5.66. The average Bonchev–Trinajstić information content (AvgIpc) is 3.63. The Bertz CT molecular complexity index is 1840. The molecule has 8 nitrogen and oxygen atoms in total. The van der Waals surface area contributed by atoms with Gasteiger partial charge in [-0.15, -0.1) is 0 Å². The number of ether oxygens (including phenoxy) is 2. The predicted octanol–water partition coefficient (Wildman–Crippen LogP) is 6.52. The van der Waals surface area contributed by atoms with Gasteiger partial charge in [-0.1, -0.05) is 31.5 Å². The Labute approximate surface area is 253 Å². The number of Topliss-reactive ketones (excluding diaryl/α,β-unsaturated/α-hetero) is 1. The zero-order valence-electron chi connectivity index (χ0n) is 24.0. The van der Waals surface area contributed by atoms with Crippen LogP contribution in [-0.2, 0) is 17.6 Å². The highest BCUT2D eigenvalue weighted by Crippen LogP contribution is 2.46. The van der Waals surface area contributed by atoms with E-state index in [4.69, 9.17) is 26.1 Å². The number of hydrogen-bond donors (Lipinski definition) is 1. The lowest BCUT2D eigenvalue weighted by Gasteiger charge is -2.29. The van der Waals surface area contributed by atoms with Gasteiger partial charge in [0.05, 0.1) is 31.0 Å². The molecule has 6 rings (SSSR count). The third-order valence-corrected chi connectivity index (χ3v) is 8.20. The number of rotatable bonds is 9. The molecule has 3 aromatic heterocycles. The van der Waals surface area contributed by atoms with Gasteiger partial charge in [-0.3, -0.25) is 14.5 Å². The minimum atomic E-state index is -1.60. The van der Waals surface area contributed by atoms with Crippen molar-refractivity contribution in [1.29, 1.82) is 0 Å². The molecule has 1 aliphatic heterocycles. The van der Waals surface area contributed by atoms with E-state index in [9.17, 15) is 14.3 Å². The van der Waals surface area contributed by atoms with Gasteiger partial charge in [0, 0.05) is 52.5 Å². The lowest BCUT2D eigenvalue weighted by molar-refractivity contribution is 0.00107. The number of ketones is 1. The molecule has 0 amide bonds. The van der Waals surface area contributed by atoms with E-state index in [1.807, 2.05) is 26.0 Å². The molecule has 220 valence electrons. The van der Waals surface area contributed by atoms with Crippen molar-refractivity contribution >= 4 is 28.3 Å². The summed E-state index contributed by atoms with van der Waals surface area (Å²) in [5.41, 5.74) is 1.33. The fraction of sp³-hybridized carbons (Fsp3) is 0.273. The van der Waals surface area contributed by atoms with Gasteiger partial charge in [0.2, 0.25) is 0 Å². The second-order valence-electron chi connectivity index (χ2n) is 11.4. The molecule has 10 heteroatoms. The standard InChI is InChI=1S/C33H30ClFN4O4/c1-32(2)19-43-31-23(32)17-28(38-30(31)21-7-8-25(35)24(34)15-21)33(41,18-39-13-5-12-37-39)10-9-26(40)22-14-20-6-4-11-36-29(20)27(16-22)42-3/h4-8,11-17,41H,9-10,18-19H2,1-3H3. The van der Waals surface area contributed by atoms with E-state index in [1.54, 1.807) is 53.6 Å². The number of carbonyl (C=O) groups is 1. The highest BCUT2D eigenvalue weighted by atomic mass is 35.5. The molecule has 0 aliphatic carbocycles. The van der Waals surface area contributed by atoms with Crippen molar-refractivity contribution in [3.8, 4) is 22.8 Å². The van der Waals surface area contributed by atoms with E-state index in [1.165, 1.54) is 19.2 Å². The molecule has 4 heterocycles. The molecule has 1 unspecified atom stereocenters. The summed E-state index contributed by atoms with van der Waals surface area (Å²) in [5.74, 6) is 0.344. The number of methoxy groups -OCH3 is 1. The minimum Gasteiger partial charge on any atom is -0.494 e. The van der Waals surface area contributed by atoms with Crippen LogP contribution in [0.15, 0.2) is 73.2 Å². The lowest BCUT2D eigenvalue weighted by atomic mass is 9.83. The Hall–Kier alpha value is -4.34. The van der Waals surface area contributed by atoms with E-state index in [0.29, 0.717) is 46.1 Å².